The Labute approximate surface area is 195 Å². The molecule has 6 rings (SSSR count). The van der Waals surface area contributed by atoms with Crippen LogP contribution in [0.2, 0.25) is 5.02 Å². The molecule has 1 saturated carbocycles. The molecule has 4 aliphatic rings. The van der Waals surface area contributed by atoms with Crippen molar-refractivity contribution in [3.63, 3.8) is 0 Å². The molecule has 0 radical (unpaired) electrons. The monoisotopic (exact) mass is 463 g/mol. The predicted octanol–water partition coefficient (Wildman–Crippen LogP) is 4.16. The van der Waals surface area contributed by atoms with Gasteiger partial charge in [-0.05, 0) is 18.9 Å². The van der Waals surface area contributed by atoms with E-state index in [2.05, 4.69) is 0 Å². The first-order valence-electron chi connectivity index (χ1n) is 11.4. The van der Waals surface area contributed by atoms with Crippen molar-refractivity contribution in [3.8, 4) is 0 Å². The molecule has 7 heteroatoms. The molecule has 6 nitrogen and oxygen atoms in total. The highest BCUT2D eigenvalue weighted by atomic mass is 35.5. The zero-order valence-electron chi connectivity index (χ0n) is 17.8. The van der Waals surface area contributed by atoms with Crippen LogP contribution in [-0.4, -0.2) is 39.9 Å². The maximum absolute atomic E-state index is 13.8. The average molecular weight is 464 g/mol. The molecule has 2 heterocycles. The highest BCUT2D eigenvalue weighted by Crippen LogP contribution is 2.58. The van der Waals surface area contributed by atoms with E-state index in [1.165, 1.54) is 4.90 Å². The highest BCUT2D eigenvalue weighted by Gasteiger charge is 2.75. The lowest BCUT2D eigenvalue weighted by atomic mass is 9.77. The first-order chi connectivity index (χ1) is 16.0. The van der Waals surface area contributed by atoms with Gasteiger partial charge in [0.2, 0.25) is 29.0 Å². The van der Waals surface area contributed by atoms with Gasteiger partial charge in [-0.2, -0.15) is 0 Å². The first kappa shape index (κ1) is 20.8. The van der Waals surface area contributed by atoms with E-state index in [4.69, 9.17) is 16.3 Å². The minimum atomic E-state index is -2.03. The Morgan fingerprint density at radius 1 is 0.818 bits per heavy atom. The van der Waals surface area contributed by atoms with Gasteiger partial charge >= 0.3 is 0 Å². The number of hydrogen-bond acceptors (Lipinski definition) is 5. The van der Waals surface area contributed by atoms with E-state index in [-0.39, 0.29) is 23.1 Å². The Kier molecular flexibility index (Phi) is 4.61. The first-order valence-corrected chi connectivity index (χ1v) is 11.8. The Hall–Kier alpha value is -2.83. The molecule has 3 fully saturated rings. The zero-order chi connectivity index (χ0) is 22.9. The molecule has 33 heavy (non-hydrogen) atoms. The number of likely N-dealkylation sites (tertiary alicyclic amines) is 1. The number of ether oxygens (including phenoxy) is 1. The molecule has 2 aliphatic heterocycles. The zero-order valence-corrected chi connectivity index (χ0v) is 18.6. The van der Waals surface area contributed by atoms with Gasteiger partial charge in [-0.25, -0.2) is 0 Å². The van der Waals surface area contributed by atoms with Gasteiger partial charge in [0.1, 0.15) is 0 Å². The summed E-state index contributed by atoms with van der Waals surface area (Å²) in [7, 11) is 0. The number of benzene rings is 2. The topological polar surface area (TPSA) is 80.8 Å². The van der Waals surface area contributed by atoms with Gasteiger partial charge in [0.15, 0.2) is 0 Å². The standard InChI is InChI=1S/C26H22ClNO5/c27-18-13-7-6-12-17(18)21-19-20(25(32)28(24(19)31)14-8-2-1-3-9-14)26(33-21)22(29)15-10-4-5-11-16(15)23(26)30/h4-7,10-14,19-21H,1-3,8-9H2/t19-,20+,21-/m0/s1. The van der Waals surface area contributed by atoms with Crippen LogP contribution >= 0.6 is 11.6 Å². The van der Waals surface area contributed by atoms with Crippen molar-refractivity contribution in [2.24, 2.45) is 11.8 Å². The molecule has 168 valence electrons. The molecule has 2 aromatic carbocycles. The summed E-state index contributed by atoms with van der Waals surface area (Å²) in [6.07, 6.45) is 3.47. The third-order valence-electron chi connectivity index (χ3n) is 7.70. The van der Waals surface area contributed by atoms with Crippen molar-refractivity contribution >= 4 is 35.0 Å². The second-order valence-electron chi connectivity index (χ2n) is 9.34. The minimum absolute atomic E-state index is 0.206. The second-order valence-corrected chi connectivity index (χ2v) is 9.75. The van der Waals surface area contributed by atoms with Crippen molar-refractivity contribution in [2.75, 3.05) is 0 Å². The Bertz CT molecular complexity index is 1180. The van der Waals surface area contributed by atoms with Crippen molar-refractivity contribution in [1.29, 1.82) is 0 Å². The second kappa shape index (κ2) is 7.34. The lowest BCUT2D eigenvalue weighted by molar-refractivity contribution is -0.148. The summed E-state index contributed by atoms with van der Waals surface area (Å²) in [5.41, 5.74) is -1.06. The number of rotatable bonds is 2. The summed E-state index contributed by atoms with van der Waals surface area (Å²) < 4.78 is 6.28. The number of halogens is 1. The smallest absolute Gasteiger partial charge is 0.237 e. The van der Waals surface area contributed by atoms with Crippen LogP contribution in [0.3, 0.4) is 0 Å². The van der Waals surface area contributed by atoms with Crippen molar-refractivity contribution in [1.82, 2.24) is 4.90 Å². The predicted molar refractivity (Wildman–Crippen MR) is 119 cm³/mol. The van der Waals surface area contributed by atoms with Gasteiger partial charge in [0.25, 0.3) is 0 Å². The largest absolute Gasteiger partial charge is 0.349 e. The number of amides is 2. The maximum atomic E-state index is 13.8. The van der Waals surface area contributed by atoms with E-state index in [1.54, 1.807) is 48.5 Å². The van der Waals surface area contributed by atoms with Crippen LogP contribution < -0.4 is 0 Å². The number of fused-ring (bicyclic) bond motifs is 3. The molecule has 2 aromatic rings. The molecule has 0 aromatic heterocycles. The lowest BCUT2D eigenvalue weighted by Gasteiger charge is -2.33. The van der Waals surface area contributed by atoms with E-state index in [1.807, 2.05) is 0 Å². The van der Waals surface area contributed by atoms with Gasteiger partial charge in [-0.3, -0.25) is 24.1 Å². The average Bonchev–Trinajstić information content (AvgIpc) is 3.40. The number of imide groups is 1. The summed E-state index contributed by atoms with van der Waals surface area (Å²) >= 11 is 6.46. The highest BCUT2D eigenvalue weighted by molar-refractivity contribution is 6.35. The maximum Gasteiger partial charge on any atom is 0.237 e. The summed E-state index contributed by atoms with van der Waals surface area (Å²) in [4.78, 5) is 56.4. The molecule has 0 unspecified atom stereocenters. The van der Waals surface area contributed by atoms with Crippen LogP contribution in [0.25, 0.3) is 0 Å². The fraction of sp³-hybridized carbons (Fsp3) is 0.385. The van der Waals surface area contributed by atoms with Crippen molar-refractivity contribution in [3.05, 3.63) is 70.2 Å². The normalized spacial score (nSPS) is 28.6. The number of carbonyl (C=O) groups excluding carboxylic acids is 4. The molecule has 2 saturated heterocycles. The molecule has 2 aliphatic carbocycles. The number of nitrogens with zero attached hydrogens (tertiary/aromatic N) is 1. The van der Waals surface area contributed by atoms with Gasteiger partial charge in [-0.1, -0.05) is 73.3 Å². The van der Waals surface area contributed by atoms with Crippen LogP contribution in [0.15, 0.2) is 48.5 Å². The Morgan fingerprint density at radius 3 is 2.06 bits per heavy atom. The lowest BCUT2D eigenvalue weighted by Crippen LogP contribution is -2.52. The van der Waals surface area contributed by atoms with Crippen molar-refractivity contribution < 1.29 is 23.9 Å². The molecule has 3 atom stereocenters. The molecular weight excluding hydrogens is 442 g/mol. The molecule has 0 N–H and O–H groups in total. The number of ketones is 2. The summed E-state index contributed by atoms with van der Waals surface area (Å²) in [6, 6.07) is 13.2. The van der Waals surface area contributed by atoms with Crippen LogP contribution in [0.1, 0.15) is 64.5 Å². The Morgan fingerprint density at radius 2 is 1.42 bits per heavy atom. The van der Waals surface area contributed by atoms with Gasteiger partial charge in [-0.15, -0.1) is 0 Å². The molecule has 2 amide bonds. The van der Waals surface area contributed by atoms with E-state index in [0.717, 1.165) is 32.1 Å². The molecular formula is C26H22ClNO5. The molecule has 1 spiro atoms. The fourth-order valence-corrected chi connectivity index (χ4v) is 6.47. The Balaban J connectivity index is 1.52. The summed E-state index contributed by atoms with van der Waals surface area (Å²) in [5, 5.41) is 0.366. The van der Waals surface area contributed by atoms with Crippen LogP contribution in [0, 0.1) is 11.8 Å². The number of Topliss-reactive ketones (excluding diaryl/α,β-unsaturated/α-hetero) is 2. The van der Waals surface area contributed by atoms with E-state index >= 15 is 0 Å². The van der Waals surface area contributed by atoms with Gasteiger partial charge < -0.3 is 4.74 Å². The van der Waals surface area contributed by atoms with Gasteiger partial charge in [0, 0.05) is 27.8 Å². The third kappa shape index (κ3) is 2.65. The van der Waals surface area contributed by atoms with Crippen molar-refractivity contribution in [2.45, 2.75) is 49.9 Å². The van der Waals surface area contributed by atoms with E-state index < -0.39 is 41.0 Å². The third-order valence-corrected chi connectivity index (χ3v) is 8.05. The molecule has 0 bridgehead atoms. The SMILES string of the molecule is O=C1[C@@H]2[C@H](c3ccccc3Cl)OC3(C(=O)c4ccccc4C3=O)[C@H]2C(=O)N1C1CCCCC1. The van der Waals surface area contributed by atoms with Crippen LogP contribution in [0.4, 0.5) is 0 Å². The van der Waals surface area contributed by atoms with Gasteiger partial charge in [0.05, 0.1) is 17.9 Å². The quantitative estimate of drug-likeness (QED) is 0.493. The number of hydrogen-bond donors (Lipinski definition) is 0. The number of carbonyl (C=O) groups is 4. The summed E-state index contributed by atoms with van der Waals surface area (Å²) in [6.45, 7) is 0. The fourth-order valence-electron chi connectivity index (χ4n) is 6.23. The van der Waals surface area contributed by atoms with Crippen LogP contribution in [0.5, 0.6) is 0 Å². The van der Waals surface area contributed by atoms with E-state index in [9.17, 15) is 19.2 Å². The summed E-state index contributed by atoms with van der Waals surface area (Å²) in [5.74, 6) is -4.09. The minimum Gasteiger partial charge on any atom is -0.349 e. The van der Waals surface area contributed by atoms with Crippen LogP contribution in [-0.2, 0) is 14.3 Å². The van der Waals surface area contributed by atoms with E-state index in [0.29, 0.717) is 10.6 Å².